The van der Waals surface area contributed by atoms with Crippen molar-refractivity contribution in [3.8, 4) is 0 Å². The van der Waals surface area contributed by atoms with Gasteiger partial charge in [0.2, 0.25) is 0 Å². The Bertz CT molecular complexity index is 177. The highest BCUT2D eigenvalue weighted by Gasteiger charge is 2.43. The fourth-order valence-electron chi connectivity index (χ4n) is 2.26. The predicted octanol–water partition coefficient (Wildman–Crippen LogP) is 2.66. The van der Waals surface area contributed by atoms with Crippen LogP contribution in [0.4, 0.5) is 4.39 Å². The molecule has 76 valence electrons. The number of halogens is 1. The van der Waals surface area contributed by atoms with E-state index in [1.165, 1.54) is 25.7 Å². The summed E-state index contributed by atoms with van der Waals surface area (Å²) in [6.45, 7) is 2.90. The van der Waals surface area contributed by atoms with Crippen LogP contribution in [0.25, 0.3) is 0 Å². The summed E-state index contributed by atoms with van der Waals surface area (Å²) in [7, 11) is 0. The van der Waals surface area contributed by atoms with Crippen LogP contribution in [0, 0.1) is 5.92 Å². The van der Waals surface area contributed by atoms with Crippen LogP contribution < -0.4 is 5.32 Å². The number of rotatable bonds is 3. The quantitative estimate of drug-likeness (QED) is 0.712. The summed E-state index contributed by atoms with van der Waals surface area (Å²) in [5, 5.41) is 3.38. The van der Waals surface area contributed by atoms with Crippen molar-refractivity contribution in [3.63, 3.8) is 0 Å². The summed E-state index contributed by atoms with van der Waals surface area (Å²) in [6.07, 6.45) is 6.73. The molecule has 1 N–H and O–H groups in total. The SMILES string of the molecule is CC1CCCC(NCC2(F)CC2)C1. The summed E-state index contributed by atoms with van der Waals surface area (Å²) in [5.41, 5.74) is -0.819. The molecule has 2 fully saturated rings. The molecule has 2 saturated carbocycles. The van der Waals surface area contributed by atoms with Crippen LogP contribution >= 0.6 is 0 Å². The lowest BCUT2D eigenvalue weighted by atomic mass is 9.87. The van der Waals surface area contributed by atoms with Crippen LogP contribution in [0.2, 0.25) is 0 Å². The highest BCUT2D eigenvalue weighted by atomic mass is 19.1. The zero-order chi connectivity index (χ0) is 9.31. The third-order valence-electron chi connectivity index (χ3n) is 3.44. The second-order valence-corrected chi connectivity index (χ2v) is 5.00. The van der Waals surface area contributed by atoms with Crippen molar-refractivity contribution in [1.29, 1.82) is 0 Å². The molecular weight excluding hydrogens is 165 g/mol. The number of hydrogen-bond acceptors (Lipinski definition) is 1. The van der Waals surface area contributed by atoms with Gasteiger partial charge in [0.1, 0.15) is 5.67 Å². The van der Waals surface area contributed by atoms with Crippen molar-refractivity contribution in [2.45, 2.75) is 57.2 Å². The number of nitrogens with one attached hydrogen (secondary N) is 1. The Labute approximate surface area is 80.1 Å². The monoisotopic (exact) mass is 185 g/mol. The molecule has 1 nitrogen and oxygen atoms in total. The van der Waals surface area contributed by atoms with Crippen molar-refractivity contribution in [2.75, 3.05) is 6.54 Å². The smallest absolute Gasteiger partial charge is 0.123 e. The lowest BCUT2D eigenvalue weighted by Crippen LogP contribution is -2.37. The standard InChI is InChI=1S/C11H20FN/c1-9-3-2-4-10(7-9)13-8-11(12)5-6-11/h9-10,13H,2-8H2,1H3. The lowest BCUT2D eigenvalue weighted by molar-refractivity contribution is 0.246. The average Bonchev–Trinajstić information content (AvgIpc) is 2.82. The second-order valence-electron chi connectivity index (χ2n) is 5.00. The van der Waals surface area contributed by atoms with Crippen molar-refractivity contribution in [3.05, 3.63) is 0 Å². The zero-order valence-electron chi connectivity index (χ0n) is 8.48. The maximum atomic E-state index is 13.3. The van der Waals surface area contributed by atoms with Gasteiger partial charge >= 0.3 is 0 Å². The van der Waals surface area contributed by atoms with Gasteiger partial charge < -0.3 is 5.32 Å². The molecule has 0 aromatic heterocycles. The van der Waals surface area contributed by atoms with Gasteiger partial charge in [0.25, 0.3) is 0 Å². The summed E-state index contributed by atoms with van der Waals surface area (Å²) >= 11 is 0. The first kappa shape index (κ1) is 9.45. The number of alkyl halides is 1. The topological polar surface area (TPSA) is 12.0 Å². The van der Waals surface area contributed by atoms with Crippen molar-refractivity contribution in [1.82, 2.24) is 5.32 Å². The van der Waals surface area contributed by atoms with Crippen molar-refractivity contribution in [2.24, 2.45) is 5.92 Å². The van der Waals surface area contributed by atoms with E-state index in [0.717, 1.165) is 18.8 Å². The maximum Gasteiger partial charge on any atom is 0.123 e. The molecule has 0 spiro atoms. The average molecular weight is 185 g/mol. The van der Waals surface area contributed by atoms with E-state index in [9.17, 15) is 4.39 Å². The van der Waals surface area contributed by atoms with Gasteiger partial charge in [-0.3, -0.25) is 0 Å². The lowest BCUT2D eigenvalue weighted by Gasteiger charge is -2.28. The van der Waals surface area contributed by atoms with Gasteiger partial charge in [-0.2, -0.15) is 0 Å². The molecule has 0 heterocycles. The largest absolute Gasteiger partial charge is 0.311 e. The zero-order valence-corrected chi connectivity index (χ0v) is 8.48. The highest BCUT2D eigenvalue weighted by Crippen LogP contribution is 2.39. The molecule has 2 rings (SSSR count). The Kier molecular flexibility index (Phi) is 2.59. The minimum atomic E-state index is -0.819. The number of hydrogen-bond donors (Lipinski definition) is 1. The molecule has 0 aliphatic heterocycles. The minimum Gasteiger partial charge on any atom is -0.311 e. The van der Waals surface area contributed by atoms with E-state index >= 15 is 0 Å². The Balaban J connectivity index is 1.68. The Morgan fingerprint density at radius 2 is 2.15 bits per heavy atom. The molecule has 0 amide bonds. The van der Waals surface area contributed by atoms with Gasteiger partial charge in [-0.25, -0.2) is 4.39 Å². The molecule has 2 aliphatic rings. The van der Waals surface area contributed by atoms with E-state index in [1.54, 1.807) is 0 Å². The van der Waals surface area contributed by atoms with Gasteiger partial charge in [-0.1, -0.05) is 19.8 Å². The first-order valence-corrected chi connectivity index (χ1v) is 5.60. The molecule has 13 heavy (non-hydrogen) atoms. The third kappa shape index (κ3) is 2.67. The molecule has 2 atom stereocenters. The summed E-state index contributed by atoms with van der Waals surface area (Å²) in [6, 6.07) is 0.594. The second kappa shape index (κ2) is 3.56. The van der Waals surface area contributed by atoms with Gasteiger partial charge in [-0.05, 0) is 31.6 Å². The minimum absolute atomic E-state index is 0.594. The van der Waals surface area contributed by atoms with Gasteiger partial charge in [0.05, 0.1) is 0 Å². The molecule has 2 heteroatoms. The van der Waals surface area contributed by atoms with Gasteiger partial charge in [0, 0.05) is 12.6 Å². The molecular formula is C11H20FN. The molecule has 0 radical (unpaired) electrons. The molecule has 0 aromatic carbocycles. The fourth-order valence-corrected chi connectivity index (χ4v) is 2.26. The fraction of sp³-hybridized carbons (Fsp3) is 1.00. The predicted molar refractivity (Wildman–Crippen MR) is 52.5 cm³/mol. The maximum absolute atomic E-state index is 13.3. The normalized spacial score (nSPS) is 37.4. The third-order valence-corrected chi connectivity index (χ3v) is 3.44. The van der Waals surface area contributed by atoms with Gasteiger partial charge in [0.15, 0.2) is 0 Å². The first-order valence-electron chi connectivity index (χ1n) is 5.60. The van der Waals surface area contributed by atoms with Crippen molar-refractivity contribution < 1.29 is 4.39 Å². The van der Waals surface area contributed by atoms with Crippen LogP contribution in [0.15, 0.2) is 0 Å². The first-order chi connectivity index (χ1) is 6.18. The van der Waals surface area contributed by atoms with E-state index < -0.39 is 5.67 Å². The summed E-state index contributed by atoms with van der Waals surface area (Å²) in [4.78, 5) is 0. The van der Waals surface area contributed by atoms with Gasteiger partial charge in [-0.15, -0.1) is 0 Å². The summed E-state index contributed by atoms with van der Waals surface area (Å²) in [5.74, 6) is 0.834. The van der Waals surface area contributed by atoms with Crippen LogP contribution in [-0.2, 0) is 0 Å². The van der Waals surface area contributed by atoms with Crippen LogP contribution in [-0.4, -0.2) is 18.3 Å². The van der Waals surface area contributed by atoms with Crippen molar-refractivity contribution >= 4 is 0 Å². The molecule has 2 unspecified atom stereocenters. The van der Waals surface area contributed by atoms with E-state index in [2.05, 4.69) is 12.2 Å². The Hall–Kier alpha value is -0.110. The van der Waals surface area contributed by atoms with Crippen LogP contribution in [0.3, 0.4) is 0 Å². The van der Waals surface area contributed by atoms with E-state index in [1.807, 2.05) is 0 Å². The highest BCUT2D eigenvalue weighted by molar-refractivity contribution is 4.96. The van der Waals surface area contributed by atoms with E-state index in [-0.39, 0.29) is 0 Å². The van der Waals surface area contributed by atoms with Crippen LogP contribution in [0.1, 0.15) is 45.4 Å². The summed E-state index contributed by atoms with van der Waals surface area (Å²) < 4.78 is 13.3. The van der Waals surface area contributed by atoms with E-state index in [0.29, 0.717) is 12.6 Å². The molecule has 0 aromatic rings. The molecule has 0 saturated heterocycles. The van der Waals surface area contributed by atoms with E-state index in [4.69, 9.17) is 0 Å². The Morgan fingerprint density at radius 3 is 2.77 bits per heavy atom. The molecule has 0 bridgehead atoms. The Morgan fingerprint density at radius 1 is 1.38 bits per heavy atom. The van der Waals surface area contributed by atoms with Crippen LogP contribution in [0.5, 0.6) is 0 Å². The molecule has 2 aliphatic carbocycles.